The summed E-state index contributed by atoms with van der Waals surface area (Å²) < 4.78 is 0. The van der Waals surface area contributed by atoms with E-state index in [-0.39, 0.29) is 11.4 Å². The SMILES string of the molecule is CCC1(C(=O)NCCc2ncn[nH]2)CCCN1. The Morgan fingerprint density at radius 1 is 1.65 bits per heavy atom. The van der Waals surface area contributed by atoms with Gasteiger partial charge in [-0.3, -0.25) is 9.89 Å². The third-order valence-electron chi connectivity index (χ3n) is 3.39. The lowest BCUT2D eigenvalue weighted by Crippen LogP contribution is -2.53. The number of amides is 1. The van der Waals surface area contributed by atoms with Crippen LogP contribution in [0.4, 0.5) is 0 Å². The van der Waals surface area contributed by atoms with Crippen molar-refractivity contribution in [1.82, 2.24) is 25.8 Å². The molecule has 1 unspecified atom stereocenters. The van der Waals surface area contributed by atoms with Crippen molar-refractivity contribution in [3.05, 3.63) is 12.2 Å². The van der Waals surface area contributed by atoms with Gasteiger partial charge in [-0.15, -0.1) is 0 Å². The van der Waals surface area contributed by atoms with Gasteiger partial charge in [-0.05, 0) is 25.8 Å². The summed E-state index contributed by atoms with van der Waals surface area (Å²) in [6, 6.07) is 0. The minimum atomic E-state index is -0.346. The summed E-state index contributed by atoms with van der Waals surface area (Å²) in [6.07, 6.45) is 5.00. The average molecular weight is 237 g/mol. The Labute approximate surface area is 101 Å². The zero-order chi connectivity index (χ0) is 12.1. The zero-order valence-corrected chi connectivity index (χ0v) is 10.1. The largest absolute Gasteiger partial charge is 0.354 e. The summed E-state index contributed by atoms with van der Waals surface area (Å²) in [5, 5.41) is 12.8. The van der Waals surface area contributed by atoms with E-state index < -0.39 is 0 Å². The Kier molecular flexibility index (Phi) is 3.73. The molecule has 1 aliphatic heterocycles. The van der Waals surface area contributed by atoms with Crippen molar-refractivity contribution in [3.63, 3.8) is 0 Å². The number of H-pyrrole nitrogens is 1. The van der Waals surface area contributed by atoms with E-state index in [0.29, 0.717) is 13.0 Å². The molecule has 3 N–H and O–H groups in total. The van der Waals surface area contributed by atoms with E-state index in [1.165, 1.54) is 6.33 Å². The van der Waals surface area contributed by atoms with Gasteiger partial charge in [0, 0.05) is 13.0 Å². The standard InChI is InChI=1S/C11H19N5O/c1-2-11(5-3-6-14-11)10(17)12-7-4-9-13-8-15-16-9/h8,14H,2-7H2,1H3,(H,12,17)(H,13,15,16). The van der Waals surface area contributed by atoms with E-state index in [1.807, 2.05) is 6.92 Å². The van der Waals surface area contributed by atoms with Crippen molar-refractivity contribution in [1.29, 1.82) is 0 Å². The van der Waals surface area contributed by atoms with Crippen LogP contribution >= 0.6 is 0 Å². The van der Waals surface area contributed by atoms with Crippen LogP contribution in [0.5, 0.6) is 0 Å². The number of carbonyl (C=O) groups is 1. The number of carbonyl (C=O) groups excluding carboxylic acids is 1. The van der Waals surface area contributed by atoms with Gasteiger partial charge in [-0.25, -0.2) is 4.98 Å². The van der Waals surface area contributed by atoms with E-state index >= 15 is 0 Å². The second kappa shape index (κ2) is 5.27. The summed E-state index contributed by atoms with van der Waals surface area (Å²) in [4.78, 5) is 16.1. The predicted molar refractivity (Wildman–Crippen MR) is 63.4 cm³/mol. The number of nitrogens with zero attached hydrogens (tertiary/aromatic N) is 2. The lowest BCUT2D eigenvalue weighted by atomic mass is 9.93. The number of nitrogens with one attached hydrogen (secondary N) is 3. The van der Waals surface area contributed by atoms with Crippen molar-refractivity contribution in [2.75, 3.05) is 13.1 Å². The molecule has 94 valence electrons. The van der Waals surface area contributed by atoms with Gasteiger partial charge in [0.2, 0.25) is 5.91 Å². The molecule has 1 aromatic heterocycles. The molecule has 0 bridgehead atoms. The van der Waals surface area contributed by atoms with Crippen LogP contribution in [0.3, 0.4) is 0 Å². The Bertz CT molecular complexity index is 356. The van der Waals surface area contributed by atoms with Crippen molar-refractivity contribution in [2.24, 2.45) is 0 Å². The van der Waals surface area contributed by atoms with Gasteiger partial charge in [-0.1, -0.05) is 6.92 Å². The first kappa shape index (κ1) is 12.0. The smallest absolute Gasteiger partial charge is 0.240 e. The van der Waals surface area contributed by atoms with Gasteiger partial charge >= 0.3 is 0 Å². The molecule has 0 aromatic carbocycles. The molecule has 1 atom stereocenters. The molecule has 6 heteroatoms. The topological polar surface area (TPSA) is 82.7 Å². The summed E-state index contributed by atoms with van der Waals surface area (Å²) in [6.45, 7) is 3.58. The van der Waals surface area contributed by atoms with Gasteiger partial charge in [0.05, 0.1) is 5.54 Å². The van der Waals surface area contributed by atoms with Crippen molar-refractivity contribution in [2.45, 2.75) is 38.1 Å². The molecule has 1 fully saturated rings. The molecule has 1 aliphatic rings. The molecule has 0 radical (unpaired) electrons. The molecule has 2 rings (SSSR count). The van der Waals surface area contributed by atoms with Crippen LogP contribution in [0.15, 0.2) is 6.33 Å². The van der Waals surface area contributed by atoms with Crippen LogP contribution < -0.4 is 10.6 Å². The van der Waals surface area contributed by atoms with E-state index in [4.69, 9.17) is 0 Å². The Balaban J connectivity index is 1.80. The molecular weight excluding hydrogens is 218 g/mol. The monoisotopic (exact) mass is 237 g/mol. The van der Waals surface area contributed by atoms with E-state index in [1.54, 1.807) is 0 Å². The molecule has 17 heavy (non-hydrogen) atoms. The molecule has 1 saturated heterocycles. The number of rotatable bonds is 5. The fourth-order valence-corrected chi connectivity index (χ4v) is 2.28. The van der Waals surface area contributed by atoms with Crippen LogP contribution in [0.2, 0.25) is 0 Å². The zero-order valence-electron chi connectivity index (χ0n) is 10.1. The fourth-order valence-electron chi connectivity index (χ4n) is 2.28. The highest BCUT2D eigenvalue weighted by atomic mass is 16.2. The van der Waals surface area contributed by atoms with Crippen LogP contribution in [-0.2, 0) is 11.2 Å². The molecule has 0 saturated carbocycles. The lowest BCUT2D eigenvalue weighted by Gasteiger charge is -2.26. The number of hydrogen-bond acceptors (Lipinski definition) is 4. The summed E-state index contributed by atoms with van der Waals surface area (Å²) in [7, 11) is 0. The quantitative estimate of drug-likeness (QED) is 0.673. The van der Waals surface area contributed by atoms with Gasteiger partial charge in [0.1, 0.15) is 12.2 Å². The first-order valence-electron chi connectivity index (χ1n) is 6.14. The maximum Gasteiger partial charge on any atom is 0.240 e. The van der Waals surface area contributed by atoms with E-state index in [0.717, 1.165) is 31.6 Å². The third kappa shape index (κ3) is 2.63. The molecule has 2 heterocycles. The molecule has 1 aromatic rings. The van der Waals surface area contributed by atoms with E-state index in [2.05, 4.69) is 25.8 Å². The number of aromatic amines is 1. The van der Waals surface area contributed by atoms with Gasteiger partial charge < -0.3 is 10.6 Å². The maximum atomic E-state index is 12.1. The Morgan fingerprint density at radius 2 is 2.53 bits per heavy atom. The highest BCUT2D eigenvalue weighted by Gasteiger charge is 2.38. The summed E-state index contributed by atoms with van der Waals surface area (Å²) >= 11 is 0. The summed E-state index contributed by atoms with van der Waals surface area (Å²) in [5.74, 6) is 0.909. The molecule has 0 spiro atoms. The normalized spacial score (nSPS) is 23.8. The minimum Gasteiger partial charge on any atom is -0.354 e. The van der Waals surface area contributed by atoms with Gasteiger partial charge in [0.25, 0.3) is 0 Å². The minimum absolute atomic E-state index is 0.108. The van der Waals surface area contributed by atoms with Crippen LogP contribution in [-0.4, -0.2) is 39.7 Å². The maximum absolute atomic E-state index is 12.1. The highest BCUT2D eigenvalue weighted by Crippen LogP contribution is 2.22. The van der Waals surface area contributed by atoms with E-state index in [9.17, 15) is 4.79 Å². The van der Waals surface area contributed by atoms with Crippen LogP contribution in [0, 0.1) is 0 Å². The Morgan fingerprint density at radius 3 is 3.12 bits per heavy atom. The second-order valence-corrected chi connectivity index (χ2v) is 4.40. The average Bonchev–Trinajstić information content (AvgIpc) is 3.00. The van der Waals surface area contributed by atoms with Crippen molar-refractivity contribution >= 4 is 5.91 Å². The predicted octanol–water partition coefficient (Wildman–Crippen LogP) is -0.00440. The fraction of sp³-hybridized carbons (Fsp3) is 0.727. The second-order valence-electron chi connectivity index (χ2n) is 4.40. The first-order chi connectivity index (χ1) is 8.27. The molecule has 1 amide bonds. The third-order valence-corrected chi connectivity index (χ3v) is 3.39. The number of hydrogen-bond donors (Lipinski definition) is 3. The van der Waals surface area contributed by atoms with Gasteiger partial charge in [-0.2, -0.15) is 5.10 Å². The highest BCUT2D eigenvalue weighted by molar-refractivity contribution is 5.86. The van der Waals surface area contributed by atoms with Crippen molar-refractivity contribution in [3.8, 4) is 0 Å². The van der Waals surface area contributed by atoms with Crippen LogP contribution in [0.1, 0.15) is 32.0 Å². The number of aromatic nitrogens is 3. The van der Waals surface area contributed by atoms with Crippen molar-refractivity contribution < 1.29 is 4.79 Å². The molecular formula is C11H19N5O. The van der Waals surface area contributed by atoms with Gasteiger partial charge in [0.15, 0.2) is 0 Å². The first-order valence-corrected chi connectivity index (χ1v) is 6.14. The lowest BCUT2D eigenvalue weighted by molar-refractivity contribution is -0.127. The van der Waals surface area contributed by atoms with Crippen LogP contribution in [0.25, 0.3) is 0 Å². The molecule has 0 aliphatic carbocycles. The Hall–Kier alpha value is -1.43. The summed E-state index contributed by atoms with van der Waals surface area (Å²) in [5.41, 5.74) is -0.346. The molecule has 6 nitrogen and oxygen atoms in total.